The van der Waals surface area contributed by atoms with E-state index in [1.807, 2.05) is 0 Å². The van der Waals surface area contributed by atoms with E-state index in [0.717, 1.165) is 73.6 Å². The maximum Gasteiger partial charge on any atom is 0.294 e. The molecule has 4 aromatic carbocycles. The largest absolute Gasteiger partial charge is 1.00 e. The van der Waals surface area contributed by atoms with Gasteiger partial charge in [0.25, 0.3) is 40.5 Å². The van der Waals surface area contributed by atoms with Gasteiger partial charge in [0.15, 0.2) is 0 Å². The highest BCUT2D eigenvalue weighted by molar-refractivity contribution is 7.86. The molecule has 66 heavy (non-hydrogen) atoms. The van der Waals surface area contributed by atoms with Crippen LogP contribution < -0.4 is 46.1 Å². The summed E-state index contributed by atoms with van der Waals surface area (Å²) in [6.45, 7) is 0. The lowest BCUT2D eigenvalue weighted by atomic mass is 9.83. The molecule has 5 fully saturated rings. The Morgan fingerprint density at radius 2 is 0.515 bits per heavy atom. The van der Waals surface area contributed by atoms with Crippen molar-refractivity contribution < 1.29 is 87.3 Å². The van der Waals surface area contributed by atoms with Gasteiger partial charge in [-0.3, -0.25) is 18.2 Å². The highest BCUT2D eigenvalue weighted by Crippen LogP contribution is 2.43. The Labute approximate surface area is 398 Å². The van der Waals surface area contributed by atoms with E-state index in [1.54, 1.807) is 48.5 Å². The molecular weight excluding hydrogens is 976 g/mol. The standard InChI is InChI=1S/C44H52N4O12S4.2ClH/c49-61(50,51)29-9-1-25(2-10-29)41-33-17-19-35(45-33)42(26-3-11-30(12-4-26)62(52,53)54)37-21-23-39(47-37)44(28-7-15-32(16-8-28)64(58,59)60)40-24-22-38(48-40)43(36-20-18-34(41)46-36)27-5-13-31(14-6-27)63(55,56)57;;/h1-16,33-48H,17-24H2,(H,49,50,51)(H,52,53,54)(H,55,56,57)(H,58,59,60);2*1H. The summed E-state index contributed by atoms with van der Waals surface area (Å²) in [6, 6.07) is 25.6. The van der Waals surface area contributed by atoms with Crippen LogP contribution in [0.5, 0.6) is 0 Å². The number of nitrogens with one attached hydrogen (secondary N) is 2. The summed E-state index contributed by atoms with van der Waals surface area (Å²) < 4.78 is 136. The van der Waals surface area contributed by atoms with Crippen LogP contribution in [0.2, 0.25) is 0 Å². The summed E-state index contributed by atoms with van der Waals surface area (Å²) in [5.74, 6) is -0.377. The van der Waals surface area contributed by atoms with Gasteiger partial charge in [-0.15, -0.1) is 0 Å². The zero-order valence-electron chi connectivity index (χ0n) is 35.4. The molecule has 5 heterocycles. The number of halogens is 2. The highest BCUT2D eigenvalue weighted by Gasteiger charge is 2.52. The third kappa shape index (κ3) is 10.4. The molecule has 0 radical (unpaired) electrons. The molecule has 22 heteroatoms. The van der Waals surface area contributed by atoms with Gasteiger partial charge in [0, 0.05) is 49.9 Å². The molecule has 360 valence electrons. The minimum Gasteiger partial charge on any atom is -1.00 e. The van der Waals surface area contributed by atoms with Gasteiger partial charge in [-0.2, -0.15) is 33.7 Å². The Morgan fingerprint density at radius 3 is 0.682 bits per heavy atom. The SMILES string of the molecule is O=S(=O)(O)c1ccc(C2C3CCC(N3)C(c3ccc(S(=O)(=O)O)cc3)C3CCC([NH2+]3)C(c3ccc(S(=O)(=O)O)cc3)C3CCC(N3)C(c3ccc(S(=O)(=O)O)cc3)C3CCC2[NH2+]3)cc1.[Cl-].[Cl-]. The molecule has 0 spiro atoms. The van der Waals surface area contributed by atoms with Crippen molar-refractivity contribution in [1.82, 2.24) is 10.6 Å². The monoisotopic (exact) mass is 1030 g/mol. The summed E-state index contributed by atoms with van der Waals surface area (Å²) in [4.78, 5) is -0.786. The first-order valence-electron chi connectivity index (χ1n) is 21.7. The van der Waals surface area contributed by atoms with E-state index >= 15 is 0 Å². The van der Waals surface area contributed by atoms with Crippen molar-refractivity contribution in [3.05, 3.63) is 119 Å². The number of rotatable bonds is 8. The first kappa shape index (κ1) is 50.8. The van der Waals surface area contributed by atoms with E-state index in [9.17, 15) is 51.9 Å². The molecule has 12 unspecified atom stereocenters. The van der Waals surface area contributed by atoms with Gasteiger partial charge in [-0.25, -0.2) is 0 Å². The van der Waals surface area contributed by atoms with E-state index in [0.29, 0.717) is 0 Å². The molecule has 0 amide bonds. The van der Waals surface area contributed by atoms with Crippen molar-refractivity contribution in [2.45, 2.75) is 143 Å². The number of hydrogen-bond acceptors (Lipinski definition) is 10. The number of nitrogens with two attached hydrogens (primary N) is 2. The first-order valence-corrected chi connectivity index (χ1v) is 27.5. The van der Waals surface area contributed by atoms with E-state index < -0.39 is 40.5 Å². The average Bonchev–Trinajstić information content (AvgIpc) is 4.08. The van der Waals surface area contributed by atoms with E-state index in [-0.39, 0.29) is 116 Å². The van der Waals surface area contributed by atoms with Gasteiger partial charge >= 0.3 is 0 Å². The second-order valence-electron chi connectivity index (χ2n) is 18.4. The topological polar surface area (TPSA) is 275 Å². The molecule has 0 aliphatic carbocycles. The zero-order valence-corrected chi connectivity index (χ0v) is 40.2. The second kappa shape index (κ2) is 19.4. The number of benzene rings is 4. The molecule has 8 bridgehead atoms. The predicted octanol–water partition coefficient (Wildman–Crippen LogP) is -3.44. The lowest BCUT2D eigenvalue weighted by Crippen LogP contribution is -3.00. The van der Waals surface area contributed by atoms with Gasteiger partial charge in [0.1, 0.15) is 0 Å². The van der Waals surface area contributed by atoms with Crippen LogP contribution in [0.25, 0.3) is 0 Å². The van der Waals surface area contributed by atoms with Crippen molar-refractivity contribution in [1.29, 1.82) is 0 Å². The van der Waals surface area contributed by atoms with Crippen molar-refractivity contribution in [3.63, 3.8) is 0 Å². The third-order valence-electron chi connectivity index (χ3n) is 14.9. The Kier molecular flexibility index (Phi) is 14.9. The number of hydrogen-bond donors (Lipinski definition) is 8. The van der Waals surface area contributed by atoms with Gasteiger partial charge in [-0.05, 0) is 96.5 Å². The van der Waals surface area contributed by atoms with Crippen molar-refractivity contribution in [2.75, 3.05) is 0 Å². The van der Waals surface area contributed by atoms with Crippen LogP contribution in [0.1, 0.15) is 97.3 Å². The zero-order chi connectivity index (χ0) is 45.3. The molecule has 0 aromatic heterocycles. The summed E-state index contributed by atoms with van der Waals surface area (Å²) >= 11 is 0. The van der Waals surface area contributed by atoms with Crippen LogP contribution in [0, 0.1) is 0 Å². The van der Waals surface area contributed by atoms with Crippen LogP contribution >= 0.6 is 0 Å². The molecule has 5 aliphatic rings. The first-order chi connectivity index (χ1) is 30.2. The fourth-order valence-electron chi connectivity index (χ4n) is 12.3. The van der Waals surface area contributed by atoms with E-state index in [1.165, 1.54) is 48.5 Å². The molecule has 4 aromatic rings. The van der Waals surface area contributed by atoms with E-state index in [4.69, 9.17) is 0 Å². The Bertz CT molecular complexity index is 2400. The minimum absolute atomic E-state index is 0. The van der Waals surface area contributed by atoms with Gasteiger partial charge in [0.05, 0.1) is 67.4 Å². The van der Waals surface area contributed by atoms with Gasteiger partial charge in [0.2, 0.25) is 0 Å². The summed E-state index contributed by atoms with van der Waals surface area (Å²) in [6.07, 6.45) is 6.41. The van der Waals surface area contributed by atoms with E-state index in [2.05, 4.69) is 21.3 Å². The fourth-order valence-corrected chi connectivity index (χ4v) is 14.2. The maximum absolute atomic E-state index is 12.1. The quantitative estimate of drug-likeness (QED) is 0.0799. The molecule has 5 aliphatic heterocycles. The predicted molar refractivity (Wildman–Crippen MR) is 233 cm³/mol. The smallest absolute Gasteiger partial charge is 0.294 e. The summed E-state index contributed by atoms with van der Waals surface area (Å²) in [7, 11) is -17.7. The molecular formula is C44H54Cl2N4O12S4. The maximum atomic E-state index is 12.1. The molecule has 5 saturated heterocycles. The molecule has 0 saturated carbocycles. The average molecular weight is 1030 g/mol. The second-order valence-corrected chi connectivity index (χ2v) is 24.1. The fraction of sp³-hybridized carbons (Fsp3) is 0.455. The normalized spacial score (nSPS) is 31.5. The van der Waals surface area contributed by atoms with Crippen LogP contribution in [-0.2, 0) is 40.5 Å². The van der Waals surface area contributed by atoms with Crippen LogP contribution in [0.15, 0.2) is 117 Å². The van der Waals surface area contributed by atoms with Crippen molar-refractivity contribution >= 4 is 40.5 Å². The Morgan fingerprint density at radius 1 is 0.333 bits per heavy atom. The Balaban J connectivity index is 0.00000324. The minimum atomic E-state index is -4.43. The highest BCUT2D eigenvalue weighted by atomic mass is 35.5. The Hall–Kier alpha value is -3.06. The summed E-state index contributed by atoms with van der Waals surface area (Å²) in [5.41, 5.74) is 3.69. The lowest BCUT2D eigenvalue weighted by Gasteiger charge is -2.35. The van der Waals surface area contributed by atoms with Crippen LogP contribution in [0.4, 0.5) is 0 Å². The number of fused-ring (bicyclic) bond motifs is 8. The molecule has 16 nitrogen and oxygen atoms in total. The van der Waals surface area contributed by atoms with Crippen molar-refractivity contribution in [3.8, 4) is 0 Å². The summed E-state index contributed by atoms with van der Waals surface area (Å²) in [5, 5.41) is 12.9. The lowest BCUT2D eigenvalue weighted by molar-refractivity contribution is -0.708. The van der Waals surface area contributed by atoms with Gasteiger partial charge in [-0.1, -0.05) is 48.5 Å². The number of quaternary nitrogens is 2. The molecule has 12 atom stereocenters. The van der Waals surface area contributed by atoms with Crippen molar-refractivity contribution in [2.24, 2.45) is 0 Å². The van der Waals surface area contributed by atoms with Gasteiger partial charge < -0.3 is 46.1 Å². The molecule has 10 N–H and O–H groups in total. The third-order valence-corrected chi connectivity index (χ3v) is 18.4. The van der Waals surface area contributed by atoms with Crippen LogP contribution in [-0.4, -0.2) is 100 Å². The molecule has 9 rings (SSSR count). The van der Waals surface area contributed by atoms with Crippen LogP contribution in [0.3, 0.4) is 0 Å².